The van der Waals surface area contributed by atoms with Gasteiger partial charge in [0.05, 0.1) is 19.1 Å². The van der Waals surface area contributed by atoms with E-state index in [0.29, 0.717) is 5.02 Å². The fraction of sp³-hybridized carbons (Fsp3) is 0.429. The van der Waals surface area contributed by atoms with Crippen LogP contribution in [0.25, 0.3) is 0 Å². The number of carbonyl (C=O) groups excluding carboxylic acids is 1. The van der Waals surface area contributed by atoms with Gasteiger partial charge in [-0.1, -0.05) is 52.1 Å². The minimum Gasteiger partial charge on any atom is -0.468 e. The molecule has 0 amide bonds. The molecule has 2 rings (SSSR count). The first kappa shape index (κ1) is 20.3. The summed E-state index contributed by atoms with van der Waals surface area (Å²) >= 11 is 18.4. The highest BCUT2D eigenvalue weighted by molar-refractivity contribution is 7.85. The normalized spacial score (nSPS) is 24.8. The minimum absolute atomic E-state index is 0.0182. The molecule has 1 aromatic carbocycles. The zero-order valence-corrected chi connectivity index (χ0v) is 16.3. The Kier molecular flexibility index (Phi) is 6.22. The number of esters is 1. The zero-order valence-electron chi connectivity index (χ0n) is 13.2. The van der Waals surface area contributed by atoms with Gasteiger partial charge in [-0.25, -0.2) is 0 Å². The van der Waals surface area contributed by atoms with E-state index in [-0.39, 0.29) is 12.1 Å². The number of halogens is 3. The molecule has 0 spiro atoms. The highest BCUT2D eigenvalue weighted by Crippen LogP contribution is 2.38. The molecular weight excluding hydrogens is 415 g/mol. The smallest absolute Gasteiger partial charge is 0.326 e. The molecule has 1 fully saturated rings. The predicted octanol–water partition coefficient (Wildman–Crippen LogP) is 2.42. The number of hydrogen-bond acceptors (Lipinski definition) is 7. The first-order valence-corrected chi connectivity index (χ1v) is 9.92. The Morgan fingerprint density at radius 3 is 2.44 bits per heavy atom. The SMILES string of the molecule is COC(=O)C1NC(c2ccc(Cl)cc2)C/C(=N\OS(C)(=O)=O)C1(Cl)Cl. The fourth-order valence-electron chi connectivity index (χ4n) is 2.31. The number of methoxy groups -OCH3 is 1. The average molecular weight is 430 g/mol. The Bertz CT molecular complexity index is 780. The number of nitrogens with one attached hydrogen (secondary N) is 1. The Hall–Kier alpha value is -1.06. The van der Waals surface area contributed by atoms with E-state index in [2.05, 4.69) is 14.8 Å². The Balaban J connectivity index is 2.42. The topological polar surface area (TPSA) is 94.1 Å². The number of hydrogen-bond donors (Lipinski definition) is 1. The maximum absolute atomic E-state index is 12.1. The summed E-state index contributed by atoms with van der Waals surface area (Å²) in [6, 6.07) is 5.24. The van der Waals surface area contributed by atoms with Crippen LogP contribution in [-0.2, 0) is 23.9 Å². The van der Waals surface area contributed by atoms with E-state index in [1.165, 1.54) is 7.11 Å². The van der Waals surface area contributed by atoms with Gasteiger partial charge in [-0.15, -0.1) is 0 Å². The van der Waals surface area contributed by atoms with E-state index >= 15 is 0 Å². The van der Waals surface area contributed by atoms with Crippen molar-refractivity contribution >= 4 is 56.6 Å². The van der Waals surface area contributed by atoms with Gasteiger partial charge < -0.3 is 4.74 Å². The van der Waals surface area contributed by atoms with Crippen molar-refractivity contribution in [3.05, 3.63) is 34.9 Å². The molecule has 0 aliphatic carbocycles. The van der Waals surface area contributed by atoms with E-state index in [0.717, 1.165) is 11.8 Å². The van der Waals surface area contributed by atoms with Crippen molar-refractivity contribution in [2.24, 2.45) is 5.16 Å². The molecule has 0 radical (unpaired) electrons. The van der Waals surface area contributed by atoms with Gasteiger partial charge in [0, 0.05) is 17.5 Å². The second-order valence-electron chi connectivity index (χ2n) is 5.37. The van der Waals surface area contributed by atoms with Crippen LogP contribution in [-0.4, -0.2) is 43.8 Å². The van der Waals surface area contributed by atoms with Crippen molar-refractivity contribution < 1.29 is 22.2 Å². The highest BCUT2D eigenvalue weighted by atomic mass is 35.5. The minimum atomic E-state index is -3.86. The van der Waals surface area contributed by atoms with Crippen molar-refractivity contribution in [1.29, 1.82) is 0 Å². The van der Waals surface area contributed by atoms with Crippen molar-refractivity contribution in [3.8, 4) is 0 Å². The Labute approximate surface area is 160 Å². The van der Waals surface area contributed by atoms with E-state index in [4.69, 9.17) is 39.5 Å². The van der Waals surface area contributed by atoms with Crippen molar-refractivity contribution in [2.45, 2.75) is 22.8 Å². The third-order valence-corrected chi connectivity index (χ3v) is 4.97. The number of alkyl halides is 2. The molecule has 1 aromatic rings. The highest BCUT2D eigenvalue weighted by Gasteiger charge is 2.51. The second kappa shape index (κ2) is 7.67. The lowest BCUT2D eigenvalue weighted by molar-refractivity contribution is -0.143. The summed E-state index contributed by atoms with van der Waals surface area (Å²) < 4.78 is 29.7. The molecule has 1 aliphatic heterocycles. The van der Waals surface area contributed by atoms with E-state index in [9.17, 15) is 13.2 Å². The quantitative estimate of drug-likeness (QED) is 0.449. The van der Waals surface area contributed by atoms with Crippen LogP contribution in [0.15, 0.2) is 29.4 Å². The van der Waals surface area contributed by atoms with Gasteiger partial charge >= 0.3 is 16.1 Å². The molecule has 2 atom stereocenters. The number of ether oxygens (including phenoxy) is 1. The molecule has 0 bridgehead atoms. The standard InChI is InChI=1S/C14H15Cl3N2O5S/c1-23-13(20)12-14(16,17)11(19-24-25(2,21)22)7-10(18-12)8-3-5-9(15)6-4-8/h3-6,10,12,18H,7H2,1-2H3/b19-11+. The van der Waals surface area contributed by atoms with Crippen molar-refractivity contribution in [1.82, 2.24) is 5.32 Å². The zero-order chi connectivity index (χ0) is 18.8. The molecule has 138 valence electrons. The molecule has 1 heterocycles. The molecule has 11 heteroatoms. The van der Waals surface area contributed by atoms with Crippen LogP contribution in [0.1, 0.15) is 18.0 Å². The van der Waals surface area contributed by atoms with Crippen molar-refractivity contribution in [3.63, 3.8) is 0 Å². The molecule has 7 nitrogen and oxygen atoms in total. The summed E-state index contributed by atoms with van der Waals surface area (Å²) in [5, 5.41) is 7.09. The monoisotopic (exact) mass is 428 g/mol. The number of rotatable bonds is 4. The van der Waals surface area contributed by atoms with Crippen LogP contribution in [0.5, 0.6) is 0 Å². The fourth-order valence-corrected chi connectivity index (χ4v) is 3.19. The van der Waals surface area contributed by atoms with Gasteiger partial charge in [-0.2, -0.15) is 8.42 Å². The third-order valence-electron chi connectivity index (χ3n) is 3.50. The summed E-state index contributed by atoms with van der Waals surface area (Å²) in [6.45, 7) is 0. The molecule has 1 N–H and O–H groups in total. The molecular formula is C14H15Cl3N2O5S. The number of carbonyl (C=O) groups is 1. The molecule has 0 saturated carbocycles. The average Bonchev–Trinajstić information content (AvgIpc) is 2.52. The van der Waals surface area contributed by atoms with Crippen LogP contribution >= 0.6 is 34.8 Å². The molecule has 2 unspecified atom stereocenters. The van der Waals surface area contributed by atoms with Gasteiger partial charge in [0.15, 0.2) is 4.33 Å². The van der Waals surface area contributed by atoms with Crippen LogP contribution in [0.2, 0.25) is 5.02 Å². The van der Waals surface area contributed by atoms with Crippen LogP contribution < -0.4 is 5.32 Å². The van der Waals surface area contributed by atoms with Gasteiger partial charge in [0.2, 0.25) is 0 Å². The summed E-state index contributed by atoms with van der Waals surface area (Å²) in [5.74, 6) is -0.726. The van der Waals surface area contributed by atoms with Gasteiger partial charge in [0.1, 0.15) is 6.04 Å². The van der Waals surface area contributed by atoms with Crippen LogP contribution in [0.3, 0.4) is 0 Å². The Morgan fingerprint density at radius 1 is 1.32 bits per heavy atom. The third kappa shape index (κ3) is 4.98. The van der Waals surface area contributed by atoms with Gasteiger partial charge in [-0.3, -0.25) is 14.4 Å². The molecule has 1 aliphatic rings. The van der Waals surface area contributed by atoms with Crippen molar-refractivity contribution in [2.75, 3.05) is 13.4 Å². The molecule has 25 heavy (non-hydrogen) atoms. The number of oxime groups is 1. The molecule has 0 aromatic heterocycles. The van der Waals surface area contributed by atoms with E-state index in [1.54, 1.807) is 24.3 Å². The van der Waals surface area contributed by atoms with Crippen LogP contribution in [0.4, 0.5) is 0 Å². The summed E-state index contributed by atoms with van der Waals surface area (Å²) in [4.78, 5) is 12.1. The summed E-state index contributed by atoms with van der Waals surface area (Å²) in [5.41, 5.74) is 0.754. The largest absolute Gasteiger partial charge is 0.468 e. The lowest BCUT2D eigenvalue weighted by atomic mass is 9.91. The van der Waals surface area contributed by atoms with E-state index < -0.39 is 32.5 Å². The number of benzene rings is 1. The first-order chi connectivity index (χ1) is 11.5. The molecule has 1 saturated heterocycles. The Morgan fingerprint density at radius 2 is 1.92 bits per heavy atom. The maximum atomic E-state index is 12.1. The predicted molar refractivity (Wildman–Crippen MR) is 95.6 cm³/mol. The van der Waals surface area contributed by atoms with Gasteiger partial charge in [-0.05, 0) is 17.7 Å². The second-order valence-corrected chi connectivity index (χ2v) is 8.75. The first-order valence-electron chi connectivity index (χ1n) is 6.97. The van der Waals surface area contributed by atoms with Crippen LogP contribution in [0, 0.1) is 0 Å². The summed E-state index contributed by atoms with van der Waals surface area (Å²) in [6.07, 6.45) is 0.939. The lowest BCUT2D eigenvalue weighted by Crippen LogP contribution is -2.59. The van der Waals surface area contributed by atoms with E-state index in [1.807, 2.05) is 0 Å². The van der Waals surface area contributed by atoms with Gasteiger partial charge in [0.25, 0.3) is 0 Å². The number of piperidine rings is 1. The number of nitrogens with zero attached hydrogens (tertiary/aromatic N) is 1. The lowest BCUT2D eigenvalue weighted by Gasteiger charge is -2.38. The maximum Gasteiger partial charge on any atom is 0.326 e. The summed E-state index contributed by atoms with van der Waals surface area (Å²) in [7, 11) is -2.68.